The second-order valence-electron chi connectivity index (χ2n) is 4.95. The molecule has 20 heavy (non-hydrogen) atoms. The highest BCUT2D eigenvalue weighted by atomic mass is 35.5. The van der Waals surface area contributed by atoms with Crippen molar-refractivity contribution in [1.29, 1.82) is 0 Å². The number of aliphatic hydroxyl groups is 1. The van der Waals surface area contributed by atoms with Gasteiger partial charge in [0, 0.05) is 12.8 Å². The van der Waals surface area contributed by atoms with Gasteiger partial charge in [-0.3, -0.25) is 0 Å². The fourth-order valence-corrected chi connectivity index (χ4v) is 2.68. The number of ether oxygens (including phenoxy) is 1. The number of halogens is 2. The van der Waals surface area contributed by atoms with Gasteiger partial charge in [-0.2, -0.15) is 0 Å². The minimum atomic E-state index is -0.768. The SMILES string of the molecule is OC(Cc1cccc(Cl)c1F)C1Cc2ccccc2O1. The molecule has 0 spiro atoms. The molecule has 3 rings (SSSR count). The van der Waals surface area contributed by atoms with Crippen molar-refractivity contribution in [3.8, 4) is 5.75 Å². The van der Waals surface area contributed by atoms with Crippen LogP contribution in [0.2, 0.25) is 5.02 Å². The van der Waals surface area contributed by atoms with Gasteiger partial charge in [-0.15, -0.1) is 0 Å². The Morgan fingerprint density at radius 3 is 2.85 bits per heavy atom. The van der Waals surface area contributed by atoms with Crippen molar-refractivity contribution >= 4 is 11.6 Å². The molecule has 0 saturated heterocycles. The van der Waals surface area contributed by atoms with Crippen LogP contribution in [0.15, 0.2) is 42.5 Å². The van der Waals surface area contributed by atoms with E-state index >= 15 is 0 Å². The van der Waals surface area contributed by atoms with Gasteiger partial charge in [-0.25, -0.2) is 4.39 Å². The molecule has 104 valence electrons. The highest BCUT2D eigenvalue weighted by Gasteiger charge is 2.29. The molecule has 4 heteroatoms. The molecule has 2 atom stereocenters. The Bertz CT molecular complexity index is 605. The minimum absolute atomic E-state index is 0.0744. The number of fused-ring (bicyclic) bond motifs is 1. The van der Waals surface area contributed by atoms with E-state index in [-0.39, 0.29) is 17.5 Å². The Kier molecular flexibility index (Phi) is 3.64. The van der Waals surface area contributed by atoms with E-state index in [4.69, 9.17) is 16.3 Å². The van der Waals surface area contributed by atoms with Crippen LogP contribution in [0.25, 0.3) is 0 Å². The number of hydrogen-bond acceptors (Lipinski definition) is 2. The summed E-state index contributed by atoms with van der Waals surface area (Å²) < 4.78 is 19.5. The Labute approximate surface area is 121 Å². The van der Waals surface area contributed by atoms with Crippen LogP contribution >= 0.6 is 11.6 Å². The molecule has 1 aliphatic heterocycles. The lowest BCUT2D eigenvalue weighted by molar-refractivity contribution is 0.0497. The molecular weight excluding hydrogens is 279 g/mol. The summed E-state index contributed by atoms with van der Waals surface area (Å²) in [7, 11) is 0. The van der Waals surface area contributed by atoms with Crippen molar-refractivity contribution in [2.45, 2.75) is 25.0 Å². The summed E-state index contributed by atoms with van der Waals surface area (Å²) in [6.07, 6.45) is -0.286. The van der Waals surface area contributed by atoms with E-state index in [1.807, 2.05) is 24.3 Å². The van der Waals surface area contributed by atoms with Crippen molar-refractivity contribution in [1.82, 2.24) is 0 Å². The van der Waals surface area contributed by atoms with E-state index in [0.29, 0.717) is 12.0 Å². The molecule has 2 unspecified atom stereocenters. The molecule has 1 aliphatic rings. The normalized spacial score (nSPS) is 18.4. The summed E-state index contributed by atoms with van der Waals surface area (Å²) in [5.74, 6) is 0.326. The first-order valence-corrected chi connectivity index (χ1v) is 6.88. The van der Waals surface area contributed by atoms with Crippen LogP contribution in [0.4, 0.5) is 4.39 Å². The smallest absolute Gasteiger partial charge is 0.145 e. The number of rotatable bonds is 3. The zero-order valence-electron chi connectivity index (χ0n) is 10.7. The molecular formula is C16H14ClFO2. The van der Waals surface area contributed by atoms with Crippen LogP contribution in [-0.4, -0.2) is 17.3 Å². The molecule has 0 fully saturated rings. The minimum Gasteiger partial charge on any atom is -0.487 e. The van der Waals surface area contributed by atoms with E-state index in [1.54, 1.807) is 12.1 Å². The van der Waals surface area contributed by atoms with E-state index < -0.39 is 11.9 Å². The van der Waals surface area contributed by atoms with Gasteiger partial charge in [0.25, 0.3) is 0 Å². The highest BCUT2D eigenvalue weighted by molar-refractivity contribution is 6.30. The molecule has 0 saturated carbocycles. The van der Waals surface area contributed by atoms with Crippen molar-refractivity contribution < 1.29 is 14.2 Å². The third-order valence-electron chi connectivity index (χ3n) is 3.56. The summed E-state index contributed by atoms with van der Waals surface area (Å²) >= 11 is 5.74. The van der Waals surface area contributed by atoms with Gasteiger partial charge in [0.05, 0.1) is 11.1 Å². The topological polar surface area (TPSA) is 29.5 Å². The molecule has 0 aromatic heterocycles. The average Bonchev–Trinajstić information content (AvgIpc) is 2.88. The Balaban J connectivity index is 1.72. The lowest BCUT2D eigenvalue weighted by atomic mass is 10.00. The van der Waals surface area contributed by atoms with Gasteiger partial charge in [-0.1, -0.05) is 41.9 Å². The van der Waals surface area contributed by atoms with Gasteiger partial charge in [0.15, 0.2) is 0 Å². The standard InChI is InChI=1S/C16H14ClFO2/c17-12-6-3-5-11(16(12)18)8-13(19)15-9-10-4-1-2-7-14(10)20-15/h1-7,13,15,19H,8-9H2. The number of aliphatic hydroxyl groups excluding tert-OH is 1. The Morgan fingerprint density at radius 1 is 1.25 bits per heavy atom. The molecule has 1 heterocycles. The fourth-order valence-electron chi connectivity index (χ4n) is 2.49. The van der Waals surface area contributed by atoms with Crippen LogP contribution in [0.1, 0.15) is 11.1 Å². The first-order chi connectivity index (χ1) is 9.65. The molecule has 0 amide bonds. The van der Waals surface area contributed by atoms with Crippen LogP contribution in [0.5, 0.6) is 5.75 Å². The van der Waals surface area contributed by atoms with Gasteiger partial charge >= 0.3 is 0 Å². The van der Waals surface area contributed by atoms with Crippen molar-refractivity contribution in [2.75, 3.05) is 0 Å². The predicted octanol–water partition coefficient (Wildman–Crippen LogP) is 3.39. The molecule has 0 radical (unpaired) electrons. The first kappa shape index (κ1) is 13.4. The maximum atomic E-state index is 13.8. The van der Waals surface area contributed by atoms with Crippen LogP contribution in [-0.2, 0) is 12.8 Å². The largest absolute Gasteiger partial charge is 0.487 e. The quantitative estimate of drug-likeness (QED) is 0.940. The monoisotopic (exact) mass is 292 g/mol. The maximum Gasteiger partial charge on any atom is 0.145 e. The van der Waals surface area contributed by atoms with Crippen LogP contribution in [0, 0.1) is 5.82 Å². The molecule has 2 aromatic rings. The fraction of sp³-hybridized carbons (Fsp3) is 0.250. The summed E-state index contributed by atoms with van der Waals surface area (Å²) in [6.45, 7) is 0. The van der Waals surface area contributed by atoms with Crippen LogP contribution in [0.3, 0.4) is 0 Å². The van der Waals surface area contributed by atoms with Gasteiger partial charge in [0.1, 0.15) is 17.7 Å². The summed E-state index contributed by atoms with van der Waals surface area (Å²) in [5.41, 5.74) is 1.48. The summed E-state index contributed by atoms with van der Waals surface area (Å²) in [5, 5.41) is 10.3. The predicted molar refractivity (Wildman–Crippen MR) is 75.7 cm³/mol. The Morgan fingerprint density at radius 2 is 2.05 bits per heavy atom. The van der Waals surface area contributed by atoms with Gasteiger partial charge < -0.3 is 9.84 Å². The number of hydrogen-bond donors (Lipinski definition) is 1. The number of para-hydroxylation sites is 1. The van der Waals surface area contributed by atoms with Crippen molar-refractivity contribution in [3.05, 3.63) is 64.4 Å². The van der Waals surface area contributed by atoms with Gasteiger partial charge in [0.2, 0.25) is 0 Å². The van der Waals surface area contributed by atoms with E-state index in [9.17, 15) is 9.50 Å². The lowest BCUT2D eigenvalue weighted by Crippen LogP contribution is -2.32. The van der Waals surface area contributed by atoms with Crippen molar-refractivity contribution in [3.63, 3.8) is 0 Å². The van der Waals surface area contributed by atoms with E-state index in [1.165, 1.54) is 6.07 Å². The van der Waals surface area contributed by atoms with Gasteiger partial charge in [-0.05, 0) is 23.3 Å². The highest BCUT2D eigenvalue weighted by Crippen LogP contribution is 2.30. The zero-order valence-corrected chi connectivity index (χ0v) is 11.5. The van der Waals surface area contributed by atoms with Crippen molar-refractivity contribution in [2.24, 2.45) is 0 Å². The maximum absolute atomic E-state index is 13.8. The van der Waals surface area contributed by atoms with E-state index in [0.717, 1.165) is 11.3 Å². The Hall–Kier alpha value is -1.58. The second kappa shape index (κ2) is 5.43. The summed E-state index contributed by atoms with van der Waals surface area (Å²) in [4.78, 5) is 0. The molecule has 2 aromatic carbocycles. The van der Waals surface area contributed by atoms with Crippen LogP contribution < -0.4 is 4.74 Å². The summed E-state index contributed by atoms with van der Waals surface area (Å²) in [6, 6.07) is 12.5. The second-order valence-corrected chi connectivity index (χ2v) is 5.36. The van der Waals surface area contributed by atoms with E-state index in [2.05, 4.69) is 0 Å². The molecule has 2 nitrogen and oxygen atoms in total. The third kappa shape index (κ3) is 2.51. The number of benzene rings is 2. The molecule has 1 N–H and O–H groups in total. The third-order valence-corrected chi connectivity index (χ3v) is 3.85. The lowest BCUT2D eigenvalue weighted by Gasteiger charge is -2.18. The molecule has 0 bridgehead atoms. The average molecular weight is 293 g/mol. The molecule has 0 aliphatic carbocycles. The first-order valence-electron chi connectivity index (χ1n) is 6.50. The zero-order chi connectivity index (χ0) is 14.1.